The summed E-state index contributed by atoms with van der Waals surface area (Å²) in [5.41, 5.74) is 1.63. The van der Waals surface area contributed by atoms with Crippen LogP contribution in [-0.2, 0) is 6.54 Å². The Balaban J connectivity index is 1.98. The lowest BCUT2D eigenvalue weighted by Crippen LogP contribution is -2.47. The Morgan fingerprint density at radius 2 is 2.25 bits per heavy atom. The minimum Gasteiger partial charge on any atom is -0.396 e. The zero-order chi connectivity index (χ0) is 11.5. The molecule has 0 aromatic heterocycles. The number of hydrogen-bond acceptors (Lipinski definition) is 3. The number of halogens is 1. The fourth-order valence-corrected chi connectivity index (χ4v) is 2.15. The van der Waals surface area contributed by atoms with E-state index in [1.54, 1.807) is 12.1 Å². The molecule has 84 valence electrons. The van der Waals surface area contributed by atoms with Crippen LogP contribution in [0, 0.1) is 17.2 Å². The Morgan fingerprint density at radius 1 is 1.50 bits per heavy atom. The first-order chi connectivity index (χ1) is 7.72. The molecule has 0 amide bonds. The van der Waals surface area contributed by atoms with E-state index < -0.39 is 0 Å². The van der Waals surface area contributed by atoms with E-state index >= 15 is 0 Å². The second-order valence-corrected chi connectivity index (χ2v) is 4.57. The number of likely N-dealkylation sites (tertiary alicyclic amines) is 1. The molecule has 0 spiro atoms. The third-order valence-electron chi connectivity index (χ3n) is 2.87. The summed E-state index contributed by atoms with van der Waals surface area (Å²) in [5, 5.41) is 18.3. The molecule has 1 aromatic rings. The quantitative estimate of drug-likeness (QED) is 0.868. The highest BCUT2D eigenvalue weighted by molar-refractivity contribution is 6.31. The van der Waals surface area contributed by atoms with Crippen LogP contribution in [-0.4, -0.2) is 29.7 Å². The zero-order valence-corrected chi connectivity index (χ0v) is 9.61. The van der Waals surface area contributed by atoms with E-state index in [1.165, 1.54) is 0 Å². The minimum absolute atomic E-state index is 0.262. The van der Waals surface area contributed by atoms with Crippen molar-refractivity contribution in [3.8, 4) is 6.07 Å². The Bertz CT molecular complexity index is 422. The molecule has 3 nitrogen and oxygen atoms in total. The summed E-state index contributed by atoms with van der Waals surface area (Å²) in [6, 6.07) is 7.43. The maximum absolute atomic E-state index is 8.90. The van der Waals surface area contributed by atoms with Crippen LogP contribution in [0.5, 0.6) is 0 Å². The van der Waals surface area contributed by atoms with Gasteiger partial charge in [0, 0.05) is 37.2 Å². The first-order valence-corrected chi connectivity index (χ1v) is 5.62. The van der Waals surface area contributed by atoms with Gasteiger partial charge in [0.25, 0.3) is 0 Å². The molecule has 1 aliphatic rings. The fraction of sp³-hybridized carbons (Fsp3) is 0.417. The number of aliphatic hydroxyl groups excluding tert-OH is 1. The van der Waals surface area contributed by atoms with Gasteiger partial charge in [0.15, 0.2) is 0 Å². The van der Waals surface area contributed by atoms with Gasteiger partial charge in [-0.15, -0.1) is 0 Å². The normalized spacial score (nSPS) is 16.8. The predicted molar refractivity (Wildman–Crippen MR) is 62.0 cm³/mol. The van der Waals surface area contributed by atoms with Crippen molar-refractivity contribution in [1.29, 1.82) is 5.26 Å². The van der Waals surface area contributed by atoms with Gasteiger partial charge in [-0.25, -0.2) is 0 Å². The van der Waals surface area contributed by atoms with Crippen molar-refractivity contribution in [2.24, 2.45) is 5.92 Å². The average Bonchev–Trinajstić information content (AvgIpc) is 2.24. The van der Waals surface area contributed by atoms with Crippen molar-refractivity contribution >= 4 is 11.6 Å². The minimum atomic E-state index is 0.262. The van der Waals surface area contributed by atoms with Gasteiger partial charge in [0.2, 0.25) is 0 Å². The number of benzene rings is 1. The van der Waals surface area contributed by atoms with Crippen LogP contribution in [0.1, 0.15) is 11.1 Å². The molecule has 1 heterocycles. The topological polar surface area (TPSA) is 47.3 Å². The maximum atomic E-state index is 8.90. The van der Waals surface area contributed by atoms with Gasteiger partial charge in [-0.1, -0.05) is 17.7 Å². The first-order valence-electron chi connectivity index (χ1n) is 5.24. The van der Waals surface area contributed by atoms with E-state index in [4.69, 9.17) is 22.0 Å². The molecule has 0 saturated carbocycles. The van der Waals surface area contributed by atoms with Gasteiger partial charge in [-0.3, -0.25) is 4.90 Å². The molecule has 0 aliphatic carbocycles. The van der Waals surface area contributed by atoms with Gasteiger partial charge in [0.1, 0.15) is 0 Å². The molecule has 0 unspecified atom stereocenters. The molecular formula is C12H13ClN2O. The molecule has 1 aromatic carbocycles. The molecular weight excluding hydrogens is 224 g/mol. The van der Waals surface area contributed by atoms with Crippen molar-refractivity contribution in [3.05, 3.63) is 34.3 Å². The molecule has 1 N–H and O–H groups in total. The van der Waals surface area contributed by atoms with Gasteiger partial charge in [-0.2, -0.15) is 5.26 Å². The zero-order valence-electron chi connectivity index (χ0n) is 8.86. The molecule has 0 bridgehead atoms. The summed E-state index contributed by atoms with van der Waals surface area (Å²) in [6.45, 7) is 2.90. The van der Waals surface area contributed by atoms with Gasteiger partial charge in [-0.05, 0) is 17.7 Å². The summed E-state index contributed by atoms with van der Waals surface area (Å²) in [4.78, 5) is 2.23. The van der Waals surface area contributed by atoms with Crippen LogP contribution in [0.4, 0.5) is 0 Å². The largest absolute Gasteiger partial charge is 0.396 e. The van der Waals surface area contributed by atoms with Crippen molar-refractivity contribution in [3.63, 3.8) is 0 Å². The van der Waals surface area contributed by atoms with Crippen molar-refractivity contribution in [2.45, 2.75) is 6.54 Å². The first kappa shape index (κ1) is 11.4. The Hall–Kier alpha value is -1.08. The number of nitrogens with zero attached hydrogens (tertiary/aromatic N) is 2. The lowest BCUT2D eigenvalue weighted by atomic mass is 10.0. The molecule has 1 aliphatic heterocycles. The molecule has 0 radical (unpaired) electrons. The van der Waals surface area contributed by atoms with E-state index in [1.807, 2.05) is 6.07 Å². The summed E-state index contributed by atoms with van der Waals surface area (Å²) in [6.07, 6.45) is 0. The third-order valence-corrected chi connectivity index (χ3v) is 3.22. The number of aliphatic hydroxyl groups is 1. The average molecular weight is 237 g/mol. The van der Waals surface area contributed by atoms with E-state index in [0.29, 0.717) is 16.5 Å². The second-order valence-electron chi connectivity index (χ2n) is 4.16. The number of rotatable bonds is 3. The van der Waals surface area contributed by atoms with Crippen LogP contribution >= 0.6 is 11.6 Å². The van der Waals surface area contributed by atoms with Crippen molar-refractivity contribution in [2.75, 3.05) is 19.7 Å². The predicted octanol–water partition coefficient (Wildman–Crippen LogP) is 1.64. The van der Waals surface area contributed by atoms with E-state index in [2.05, 4.69) is 11.0 Å². The third kappa shape index (κ3) is 2.35. The smallest absolute Gasteiger partial charge is 0.0992 e. The van der Waals surface area contributed by atoms with Crippen molar-refractivity contribution < 1.29 is 5.11 Å². The second kappa shape index (κ2) is 4.84. The van der Waals surface area contributed by atoms with Crippen LogP contribution in [0.15, 0.2) is 18.2 Å². The standard InChI is InChI=1S/C12H13ClN2O/c13-12-3-9(4-14)1-2-11(12)7-15-5-10(6-15)8-16/h1-3,10,16H,5-8H2. The summed E-state index contributed by atoms with van der Waals surface area (Å²) >= 11 is 6.08. The lowest BCUT2D eigenvalue weighted by Gasteiger charge is -2.38. The SMILES string of the molecule is N#Cc1ccc(CN2CC(CO)C2)c(Cl)c1. The lowest BCUT2D eigenvalue weighted by molar-refractivity contribution is 0.0479. The Labute approximate surface area is 99.9 Å². The summed E-state index contributed by atoms with van der Waals surface area (Å²) in [7, 11) is 0. The van der Waals surface area contributed by atoms with Crippen LogP contribution in [0.3, 0.4) is 0 Å². The summed E-state index contributed by atoms with van der Waals surface area (Å²) < 4.78 is 0. The van der Waals surface area contributed by atoms with Crippen molar-refractivity contribution in [1.82, 2.24) is 4.90 Å². The van der Waals surface area contributed by atoms with E-state index in [0.717, 1.165) is 25.2 Å². The van der Waals surface area contributed by atoms with E-state index in [9.17, 15) is 0 Å². The van der Waals surface area contributed by atoms with E-state index in [-0.39, 0.29) is 6.61 Å². The van der Waals surface area contributed by atoms with Crippen LogP contribution < -0.4 is 0 Å². The summed E-state index contributed by atoms with van der Waals surface area (Å²) in [5.74, 6) is 0.414. The highest BCUT2D eigenvalue weighted by Crippen LogP contribution is 2.23. The Morgan fingerprint density at radius 3 is 2.81 bits per heavy atom. The Kier molecular flexibility index (Phi) is 3.45. The van der Waals surface area contributed by atoms with Gasteiger partial charge >= 0.3 is 0 Å². The highest BCUT2D eigenvalue weighted by Gasteiger charge is 2.25. The molecule has 2 rings (SSSR count). The molecule has 16 heavy (non-hydrogen) atoms. The number of nitriles is 1. The number of hydrogen-bond donors (Lipinski definition) is 1. The van der Waals surface area contributed by atoms with Crippen LogP contribution in [0.25, 0.3) is 0 Å². The molecule has 0 atom stereocenters. The molecule has 1 saturated heterocycles. The maximum Gasteiger partial charge on any atom is 0.0992 e. The fourth-order valence-electron chi connectivity index (χ4n) is 1.91. The highest BCUT2D eigenvalue weighted by atomic mass is 35.5. The monoisotopic (exact) mass is 236 g/mol. The van der Waals surface area contributed by atoms with Gasteiger partial charge in [0.05, 0.1) is 11.6 Å². The molecule has 4 heteroatoms. The van der Waals surface area contributed by atoms with Gasteiger partial charge < -0.3 is 5.11 Å². The van der Waals surface area contributed by atoms with Crippen LogP contribution in [0.2, 0.25) is 5.02 Å². The molecule has 1 fully saturated rings.